The van der Waals surface area contributed by atoms with E-state index in [4.69, 9.17) is 0 Å². The van der Waals surface area contributed by atoms with Gasteiger partial charge in [-0.3, -0.25) is 0 Å². The molecule has 7 heteroatoms. The van der Waals surface area contributed by atoms with Crippen molar-refractivity contribution in [3.8, 4) is 23.0 Å². The van der Waals surface area contributed by atoms with Gasteiger partial charge in [-0.1, -0.05) is 63.5 Å². The third-order valence-electron chi connectivity index (χ3n) is 7.27. The summed E-state index contributed by atoms with van der Waals surface area (Å²) in [5, 5.41) is -0.676. The fourth-order valence-electron chi connectivity index (χ4n) is 5.15. The molecular weight excluding hydrogens is 518 g/mol. The van der Waals surface area contributed by atoms with Crippen molar-refractivity contribution in [2.24, 2.45) is 11.8 Å². The van der Waals surface area contributed by atoms with Crippen LogP contribution in [-0.2, 0) is 0 Å². The van der Waals surface area contributed by atoms with E-state index in [2.05, 4.69) is 6.92 Å². The third kappa shape index (κ3) is 7.28. The molecule has 0 saturated heterocycles. The number of rotatable bonds is 8. The van der Waals surface area contributed by atoms with Crippen molar-refractivity contribution >= 4 is 22.5 Å². The molecule has 0 nitrogen and oxygen atoms in total. The topological polar surface area (TPSA) is 0 Å². The van der Waals surface area contributed by atoms with Crippen LogP contribution in [0, 0.1) is 41.1 Å². The Morgan fingerprint density at radius 2 is 1.53 bits per heavy atom. The zero-order chi connectivity index (χ0) is 27.3. The first-order valence-corrected chi connectivity index (χ1v) is 14.1. The minimum atomic E-state index is -4.92. The first kappa shape index (κ1) is 28.4. The van der Waals surface area contributed by atoms with E-state index >= 15 is 0 Å². The van der Waals surface area contributed by atoms with E-state index in [-0.39, 0.29) is 5.39 Å². The van der Waals surface area contributed by atoms with Crippen molar-refractivity contribution in [1.29, 1.82) is 0 Å². The minimum Gasteiger partial charge on any atom is -0.206 e. The van der Waals surface area contributed by atoms with Gasteiger partial charge in [-0.15, -0.1) is 11.8 Å². The zero-order valence-electron chi connectivity index (χ0n) is 21.2. The summed E-state index contributed by atoms with van der Waals surface area (Å²) in [6.07, 6.45) is 5.55. The maximum absolute atomic E-state index is 14.9. The van der Waals surface area contributed by atoms with E-state index in [1.807, 2.05) is 24.3 Å². The van der Waals surface area contributed by atoms with Crippen LogP contribution in [0.4, 0.5) is 26.3 Å². The lowest BCUT2D eigenvalue weighted by Gasteiger charge is -2.28. The lowest BCUT2D eigenvalue weighted by Crippen LogP contribution is -2.16. The number of thioether (sulfide) groups is 1. The average Bonchev–Trinajstić information content (AvgIpc) is 2.87. The van der Waals surface area contributed by atoms with Crippen molar-refractivity contribution < 1.29 is 26.3 Å². The highest BCUT2D eigenvalue weighted by molar-refractivity contribution is 7.99. The van der Waals surface area contributed by atoms with Crippen LogP contribution in [0.2, 0.25) is 0 Å². The van der Waals surface area contributed by atoms with E-state index in [9.17, 15) is 26.3 Å². The third-order valence-corrected chi connectivity index (χ3v) is 8.51. The van der Waals surface area contributed by atoms with Gasteiger partial charge < -0.3 is 0 Å². The van der Waals surface area contributed by atoms with Crippen LogP contribution in [-0.4, -0.2) is 11.9 Å². The molecule has 4 rings (SSSR count). The normalized spacial score (nSPS) is 17.9. The molecule has 0 bridgehead atoms. The average molecular weight is 549 g/mol. The maximum atomic E-state index is 14.9. The van der Waals surface area contributed by atoms with Gasteiger partial charge in [0, 0.05) is 16.6 Å². The first-order valence-electron chi connectivity index (χ1n) is 13.1. The van der Waals surface area contributed by atoms with Gasteiger partial charge in [-0.25, -0.2) is 13.2 Å². The van der Waals surface area contributed by atoms with Crippen LogP contribution in [0.3, 0.4) is 0 Å². The highest BCUT2D eigenvalue weighted by atomic mass is 32.2. The molecule has 0 heterocycles. The number of fused-ring (bicyclic) bond motifs is 1. The van der Waals surface area contributed by atoms with Crippen molar-refractivity contribution in [2.75, 3.05) is 5.75 Å². The Kier molecular flexibility index (Phi) is 9.36. The van der Waals surface area contributed by atoms with Gasteiger partial charge in [-0.05, 0) is 71.5 Å². The van der Waals surface area contributed by atoms with Crippen molar-refractivity contribution in [3.05, 3.63) is 65.5 Å². The van der Waals surface area contributed by atoms with Crippen LogP contribution in [0.5, 0.6) is 0 Å². The molecule has 0 aliphatic heterocycles. The van der Waals surface area contributed by atoms with Gasteiger partial charge >= 0.3 is 6.18 Å². The molecule has 1 fully saturated rings. The molecule has 0 amide bonds. The fraction of sp³-hybridized carbons (Fsp3) is 0.419. The number of hydrogen-bond acceptors (Lipinski definition) is 1. The summed E-state index contributed by atoms with van der Waals surface area (Å²) in [7, 11) is 0. The Balaban J connectivity index is 1.43. The summed E-state index contributed by atoms with van der Waals surface area (Å²) in [6, 6.07) is 10.9. The molecule has 0 N–H and O–H groups in total. The molecule has 202 valence electrons. The molecule has 38 heavy (non-hydrogen) atoms. The molecule has 1 saturated carbocycles. The molecule has 0 unspecified atom stereocenters. The van der Waals surface area contributed by atoms with E-state index in [0.29, 0.717) is 17.0 Å². The summed E-state index contributed by atoms with van der Waals surface area (Å²) in [5.74, 6) is 1.23. The zero-order valence-corrected chi connectivity index (χ0v) is 22.1. The van der Waals surface area contributed by atoms with Crippen molar-refractivity contribution in [3.63, 3.8) is 0 Å². The minimum absolute atomic E-state index is 0.0868. The van der Waals surface area contributed by atoms with Crippen LogP contribution in [0.25, 0.3) is 21.9 Å². The molecule has 0 spiro atoms. The van der Waals surface area contributed by atoms with Gasteiger partial charge in [0.1, 0.15) is 11.6 Å². The van der Waals surface area contributed by atoms with Gasteiger partial charge in [-0.2, -0.15) is 13.2 Å². The molecule has 3 aromatic rings. The predicted octanol–water partition coefficient (Wildman–Crippen LogP) is 10.3. The molecule has 1 aliphatic carbocycles. The fourth-order valence-corrected chi connectivity index (χ4v) is 6.24. The lowest BCUT2D eigenvalue weighted by molar-refractivity contribution is -0.0696. The molecule has 0 radical (unpaired) electrons. The highest BCUT2D eigenvalue weighted by Crippen LogP contribution is 2.36. The lowest BCUT2D eigenvalue weighted by atomic mass is 9.80. The Hall–Kier alpha value is -2.59. The Morgan fingerprint density at radius 3 is 2.18 bits per heavy atom. The van der Waals surface area contributed by atoms with Gasteiger partial charge in [0.05, 0.1) is 10.9 Å². The maximum Gasteiger partial charge on any atom is 0.458 e. The number of unbranched alkanes of at least 4 members (excludes halogenated alkanes) is 2. The second-order valence-corrected chi connectivity index (χ2v) is 11.2. The standard InChI is InChI=1S/C31H30F6S/c1-2-3-4-5-20-6-8-21(9-7-20)19-38-25-12-10-22(11-13-25)23-16-24-18-27(32)26(14-15-31(35,36)37)30(34)29(24)28(33)17-23/h10-13,16-18,20-21H,2-9,19H2,1H3. The number of benzene rings is 3. The Labute approximate surface area is 224 Å². The SMILES string of the molecule is CCCCCC1CCC(CSc2ccc(-c3cc(F)c4c(F)c(C#CC(F)(F)F)c(F)cc4c3)cc2)CC1. The monoisotopic (exact) mass is 548 g/mol. The number of halogens is 6. The van der Waals surface area contributed by atoms with Crippen LogP contribution < -0.4 is 0 Å². The summed E-state index contributed by atoms with van der Waals surface area (Å²) in [6.45, 7) is 2.24. The smallest absolute Gasteiger partial charge is 0.206 e. The molecule has 3 aromatic carbocycles. The summed E-state index contributed by atoms with van der Waals surface area (Å²) >= 11 is 1.80. The van der Waals surface area contributed by atoms with E-state index < -0.39 is 34.6 Å². The quantitative estimate of drug-likeness (QED) is 0.117. The van der Waals surface area contributed by atoms with E-state index in [0.717, 1.165) is 34.6 Å². The van der Waals surface area contributed by atoms with Crippen LogP contribution >= 0.6 is 11.8 Å². The second-order valence-electron chi connectivity index (χ2n) is 10.1. The Bertz CT molecular complexity index is 1310. The second kappa shape index (κ2) is 12.5. The molecule has 1 aliphatic rings. The van der Waals surface area contributed by atoms with Crippen LogP contribution in [0.1, 0.15) is 63.9 Å². The van der Waals surface area contributed by atoms with Crippen molar-refractivity contribution in [2.45, 2.75) is 69.4 Å². The summed E-state index contributed by atoms with van der Waals surface area (Å²) in [4.78, 5) is 1.10. The van der Waals surface area contributed by atoms with E-state index in [1.54, 1.807) is 11.8 Å². The van der Waals surface area contributed by atoms with Crippen LogP contribution in [0.15, 0.2) is 47.4 Å². The largest absolute Gasteiger partial charge is 0.458 e. The van der Waals surface area contributed by atoms with Crippen molar-refractivity contribution in [1.82, 2.24) is 0 Å². The Morgan fingerprint density at radius 1 is 0.842 bits per heavy atom. The summed E-state index contributed by atoms with van der Waals surface area (Å²) < 4.78 is 81.1. The van der Waals surface area contributed by atoms with Gasteiger partial charge in [0.25, 0.3) is 0 Å². The van der Waals surface area contributed by atoms with Gasteiger partial charge in [0.15, 0.2) is 5.82 Å². The van der Waals surface area contributed by atoms with E-state index in [1.165, 1.54) is 63.4 Å². The molecule has 0 atom stereocenters. The number of alkyl halides is 3. The molecular formula is C31H30F6S. The number of hydrogen-bond donors (Lipinski definition) is 0. The first-order chi connectivity index (χ1) is 18.1. The predicted molar refractivity (Wildman–Crippen MR) is 143 cm³/mol. The highest BCUT2D eigenvalue weighted by Gasteiger charge is 2.24. The summed E-state index contributed by atoms with van der Waals surface area (Å²) in [5.41, 5.74) is -0.0156. The van der Waals surface area contributed by atoms with Gasteiger partial charge in [0.2, 0.25) is 0 Å². The molecule has 0 aromatic heterocycles.